The van der Waals surface area contributed by atoms with E-state index < -0.39 is 28.4 Å². The van der Waals surface area contributed by atoms with E-state index >= 15 is 0 Å². The second-order valence-corrected chi connectivity index (χ2v) is 10.00. The summed E-state index contributed by atoms with van der Waals surface area (Å²) in [4.78, 5) is 48.5. The van der Waals surface area contributed by atoms with Crippen LogP contribution < -0.4 is 14.7 Å². The van der Waals surface area contributed by atoms with Gasteiger partial charge in [-0.25, -0.2) is 18.2 Å². The molecule has 2 aliphatic rings. The van der Waals surface area contributed by atoms with Gasteiger partial charge in [-0.3, -0.25) is 24.1 Å². The molecule has 11 heteroatoms. The van der Waals surface area contributed by atoms with Gasteiger partial charge in [0.05, 0.1) is 23.2 Å². The Morgan fingerprint density at radius 3 is 2.41 bits per heavy atom. The zero-order chi connectivity index (χ0) is 24.5. The van der Waals surface area contributed by atoms with Gasteiger partial charge in [0, 0.05) is 24.9 Å². The van der Waals surface area contributed by atoms with E-state index in [1.807, 2.05) is 0 Å². The fourth-order valence-electron chi connectivity index (χ4n) is 3.91. The van der Waals surface area contributed by atoms with Gasteiger partial charge in [0.2, 0.25) is 21.8 Å². The molecule has 0 unspecified atom stereocenters. The van der Waals surface area contributed by atoms with Crippen molar-refractivity contribution in [2.24, 2.45) is 0 Å². The van der Waals surface area contributed by atoms with Gasteiger partial charge in [-0.05, 0) is 60.9 Å². The highest BCUT2D eigenvalue weighted by atomic mass is 32.2. The first kappa shape index (κ1) is 23.4. The number of carbonyl (C=O) groups excluding carboxylic acids is 4. The predicted octanol–water partition coefficient (Wildman–Crippen LogP) is 1.60. The van der Waals surface area contributed by atoms with Crippen molar-refractivity contribution in [3.05, 3.63) is 59.2 Å². The van der Waals surface area contributed by atoms with Gasteiger partial charge >= 0.3 is 5.97 Å². The van der Waals surface area contributed by atoms with Crippen molar-refractivity contribution < 1.29 is 32.3 Å². The van der Waals surface area contributed by atoms with Crippen LogP contribution in [0, 0.1) is 0 Å². The Hall–Kier alpha value is -3.73. The molecule has 34 heavy (non-hydrogen) atoms. The molecule has 0 aromatic heterocycles. The van der Waals surface area contributed by atoms with Gasteiger partial charge in [-0.15, -0.1) is 0 Å². The van der Waals surface area contributed by atoms with Gasteiger partial charge in [0.25, 0.3) is 0 Å². The lowest BCUT2D eigenvalue weighted by atomic mass is 9.99. The van der Waals surface area contributed by atoms with Crippen LogP contribution >= 0.6 is 0 Å². The van der Waals surface area contributed by atoms with Crippen molar-refractivity contribution in [3.63, 3.8) is 0 Å². The maximum atomic E-state index is 12.6. The highest BCUT2D eigenvalue weighted by molar-refractivity contribution is 7.92. The molecule has 0 bridgehead atoms. The number of anilines is 2. The first-order chi connectivity index (χ1) is 16.1. The van der Waals surface area contributed by atoms with E-state index in [9.17, 15) is 27.6 Å². The maximum absolute atomic E-state index is 12.6. The molecular weight excluding hydrogens is 462 g/mol. The Morgan fingerprint density at radius 2 is 1.71 bits per heavy atom. The Morgan fingerprint density at radius 1 is 1.00 bits per heavy atom. The lowest BCUT2D eigenvalue weighted by Crippen LogP contribution is -2.50. The van der Waals surface area contributed by atoms with E-state index in [-0.39, 0.29) is 30.2 Å². The average molecular weight is 486 g/mol. The lowest BCUT2D eigenvalue weighted by molar-refractivity contribution is -0.130. The van der Waals surface area contributed by atoms with E-state index in [1.54, 1.807) is 12.1 Å². The van der Waals surface area contributed by atoms with Crippen LogP contribution in [0.3, 0.4) is 0 Å². The molecule has 10 nitrogen and oxygen atoms in total. The monoisotopic (exact) mass is 485 g/mol. The van der Waals surface area contributed by atoms with Gasteiger partial charge < -0.3 is 4.74 Å². The first-order valence-electron chi connectivity index (χ1n) is 10.7. The average Bonchev–Trinajstić information content (AvgIpc) is 2.82. The number of hydrogen-bond acceptors (Lipinski definition) is 7. The number of esters is 1. The molecule has 0 aliphatic carbocycles. The van der Waals surface area contributed by atoms with Crippen LogP contribution in [0.5, 0.6) is 0 Å². The van der Waals surface area contributed by atoms with Crippen LogP contribution in [0.25, 0.3) is 0 Å². The van der Waals surface area contributed by atoms with E-state index in [0.717, 1.165) is 16.8 Å². The van der Waals surface area contributed by atoms with Crippen LogP contribution in [-0.4, -0.2) is 51.4 Å². The number of nitrogens with zero attached hydrogens (tertiary/aromatic N) is 2. The molecule has 4 rings (SSSR count). The number of aryl methyl sites for hydroxylation is 1. The summed E-state index contributed by atoms with van der Waals surface area (Å²) in [6, 6.07) is 10.6. The summed E-state index contributed by atoms with van der Waals surface area (Å²) in [5, 5.41) is 1.13. The molecule has 0 saturated carbocycles. The minimum Gasteiger partial charge on any atom is -0.454 e. The molecule has 2 aromatic carbocycles. The van der Waals surface area contributed by atoms with E-state index in [4.69, 9.17) is 4.74 Å². The summed E-state index contributed by atoms with van der Waals surface area (Å²) in [7, 11) is -3.40. The molecule has 178 valence electrons. The van der Waals surface area contributed by atoms with Crippen molar-refractivity contribution in [2.75, 3.05) is 28.7 Å². The third-order valence-electron chi connectivity index (χ3n) is 5.63. The number of fused-ring (bicyclic) bond motifs is 1. The minimum absolute atomic E-state index is 0.104. The van der Waals surface area contributed by atoms with E-state index in [2.05, 4.69) is 5.43 Å². The zero-order valence-electron chi connectivity index (χ0n) is 18.4. The Balaban J connectivity index is 1.39. The topological polar surface area (TPSA) is 130 Å². The van der Waals surface area contributed by atoms with Gasteiger partial charge in [0.1, 0.15) is 0 Å². The van der Waals surface area contributed by atoms with Crippen molar-refractivity contribution in [3.8, 4) is 0 Å². The molecule has 1 fully saturated rings. The van der Waals surface area contributed by atoms with Crippen molar-refractivity contribution in [2.45, 2.75) is 25.7 Å². The second kappa shape index (κ2) is 9.26. The van der Waals surface area contributed by atoms with E-state index in [1.165, 1.54) is 34.6 Å². The highest BCUT2D eigenvalue weighted by Crippen LogP contribution is 2.30. The third-order valence-corrected chi connectivity index (χ3v) is 6.81. The summed E-state index contributed by atoms with van der Waals surface area (Å²) in [5.74, 6) is -1.65. The number of nitrogens with one attached hydrogen (secondary N) is 1. The second-order valence-electron chi connectivity index (χ2n) is 8.09. The smallest absolute Gasteiger partial charge is 0.338 e. The number of carbonyl (C=O) groups is 4. The number of ketones is 1. The molecule has 0 radical (unpaired) electrons. The number of sulfonamides is 1. The predicted molar refractivity (Wildman–Crippen MR) is 123 cm³/mol. The molecule has 1 N–H and O–H groups in total. The number of Topliss-reactive ketones (excluding diaryl/α,β-unsaturated/α-hetero) is 1. The minimum atomic E-state index is -3.40. The molecule has 0 spiro atoms. The van der Waals surface area contributed by atoms with Crippen LogP contribution in [0.15, 0.2) is 42.5 Å². The fraction of sp³-hybridized carbons (Fsp3) is 0.304. The summed E-state index contributed by atoms with van der Waals surface area (Å²) in [5.41, 5.74) is 4.70. The molecular formula is C23H23N3O7S. The van der Waals surface area contributed by atoms with Gasteiger partial charge in [-0.1, -0.05) is 0 Å². The number of hydrazine groups is 1. The summed E-state index contributed by atoms with van der Waals surface area (Å²) >= 11 is 0. The number of ether oxygens (including phenoxy) is 1. The molecule has 2 aromatic rings. The standard InChI is InChI=1S/C23H23N3O7S/c1-34(31,32)25-12-2-3-16-13-17(6-9-19(16)25)20(27)14-33-23(30)15-4-7-18(8-5-15)26-22(29)11-10-21(28)24-26/h4-9,13H,2-3,10-12,14H2,1H3,(H,24,28). The molecule has 0 atom stereocenters. The van der Waals surface area contributed by atoms with Crippen LogP contribution in [0.2, 0.25) is 0 Å². The number of benzene rings is 2. The number of amides is 2. The number of rotatable bonds is 6. The molecule has 1 saturated heterocycles. The van der Waals surface area contributed by atoms with Crippen molar-refractivity contribution >= 4 is 45.0 Å². The maximum Gasteiger partial charge on any atom is 0.338 e. The van der Waals surface area contributed by atoms with Crippen LogP contribution in [-0.2, 0) is 30.8 Å². The first-order valence-corrected chi connectivity index (χ1v) is 12.5. The Kier molecular flexibility index (Phi) is 6.38. The fourth-order valence-corrected chi connectivity index (χ4v) is 4.90. The Bertz CT molecular complexity index is 1270. The van der Waals surface area contributed by atoms with Crippen LogP contribution in [0.1, 0.15) is 45.5 Å². The van der Waals surface area contributed by atoms with E-state index in [0.29, 0.717) is 36.3 Å². The summed E-state index contributed by atoms with van der Waals surface area (Å²) in [6.45, 7) is -0.0797. The summed E-state index contributed by atoms with van der Waals surface area (Å²) < 4.78 is 30.4. The Labute approximate surface area is 196 Å². The van der Waals surface area contributed by atoms with Crippen molar-refractivity contribution in [1.29, 1.82) is 0 Å². The van der Waals surface area contributed by atoms with Crippen molar-refractivity contribution in [1.82, 2.24) is 5.43 Å². The quantitative estimate of drug-likeness (QED) is 0.486. The SMILES string of the molecule is CS(=O)(=O)N1CCCc2cc(C(=O)COC(=O)c3ccc(N4NC(=O)CCC4=O)cc3)ccc21. The zero-order valence-corrected chi connectivity index (χ0v) is 19.3. The van der Waals surface area contributed by atoms with Gasteiger partial charge in [0.15, 0.2) is 12.4 Å². The lowest BCUT2D eigenvalue weighted by Gasteiger charge is -2.29. The summed E-state index contributed by atoms with van der Waals surface area (Å²) in [6.07, 6.45) is 2.68. The largest absolute Gasteiger partial charge is 0.454 e. The normalized spacial score (nSPS) is 16.0. The molecule has 2 heterocycles. The van der Waals surface area contributed by atoms with Crippen LogP contribution in [0.4, 0.5) is 11.4 Å². The molecule has 2 amide bonds. The third kappa shape index (κ3) is 4.93. The highest BCUT2D eigenvalue weighted by Gasteiger charge is 2.26. The molecule has 2 aliphatic heterocycles. The van der Waals surface area contributed by atoms with Gasteiger partial charge in [-0.2, -0.15) is 0 Å². The number of hydrogen-bond donors (Lipinski definition) is 1.